The Kier molecular flexibility index (Phi) is 3.28. The number of thiophene rings is 1. The molecule has 0 aliphatic rings. The van der Waals surface area contributed by atoms with Gasteiger partial charge in [-0.25, -0.2) is 4.98 Å². The number of benzene rings is 1. The molecule has 0 aliphatic carbocycles. The van der Waals surface area contributed by atoms with Gasteiger partial charge in [0.25, 0.3) is 0 Å². The first kappa shape index (κ1) is 12.9. The van der Waals surface area contributed by atoms with Crippen molar-refractivity contribution in [2.75, 3.05) is 12.4 Å². The fourth-order valence-corrected chi connectivity index (χ4v) is 2.79. The summed E-state index contributed by atoms with van der Waals surface area (Å²) in [7, 11) is 1.80. The molecule has 0 unspecified atom stereocenters. The highest BCUT2D eigenvalue weighted by Gasteiger charge is 2.12. The molecule has 0 spiro atoms. The molecule has 2 heterocycles. The van der Waals surface area contributed by atoms with Gasteiger partial charge in [-0.3, -0.25) is 0 Å². The second kappa shape index (κ2) is 5.09. The number of rotatable bonds is 3. The number of hydrogen-bond acceptors (Lipinski definition) is 5. The molecule has 5 heteroatoms. The first-order valence-electron chi connectivity index (χ1n) is 6.36. The van der Waals surface area contributed by atoms with E-state index in [2.05, 4.69) is 28.3 Å². The Hall–Kier alpha value is -2.14. The van der Waals surface area contributed by atoms with Crippen LogP contribution in [0.2, 0.25) is 0 Å². The van der Waals surface area contributed by atoms with E-state index in [0.717, 1.165) is 16.0 Å². The second-order valence-corrected chi connectivity index (χ2v) is 5.83. The third-order valence-electron chi connectivity index (χ3n) is 2.94. The Morgan fingerprint density at radius 3 is 2.55 bits per heavy atom. The van der Waals surface area contributed by atoms with E-state index >= 15 is 0 Å². The number of aromatic nitrogens is 2. The Morgan fingerprint density at radius 2 is 1.85 bits per heavy atom. The number of nitrogens with zero attached hydrogens (tertiary/aromatic N) is 2. The van der Waals surface area contributed by atoms with Crippen LogP contribution in [0.3, 0.4) is 0 Å². The maximum absolute atomic E-state index is 5.92. The zero-order valence-electron chi connectivity index (χ0n) is 11.6. The van der Waals surface area contributed by atoms with Crippen molar-refractivity contribution in [3.63, 3.8) is 0 Å². The molecule has 1 N–H and O–H groups in total. The summed E-state index contributed by atoms with van der Waals surface area (Å²) in [4.78, 5) is 11.0. The topological polar surface area (TPSA) is 47.0 Å². The monoisotopic (exact) mass is 285 g/mol. The maximum Gasteiger partial charge on any atom is 0.232 e. The SMILES string of the molecule is CNc1nc(Oc2ccc(C)cc2)c2cc(C)sc2n1. The molecule has 1 aromatic carbocycles. The Morgan fingerprint density at radius 1 is 1.10 bits per heavy atom. The lowest BCUT2D eigenvalue weighted by atomic mass is 10.2. The van der Waals surface area contributed by atoms with Crippen molar-refractivity contribution in [1.82, 2.24) is 9.97 Å². The number of fused-ring (bicyclic) bond motifs is 1. The van der Waals surface area contributed by atoms with Gasteiger partial charge in [-0.15, -0.1) is 11.3 Å². The predicted molar refractivity (Wildman–Crippen MR) is 83.0 cm³/mol. The van der Waals surface area contributed by atoms with E-state index in [9.17, 15) is 0 Å². The second-order valence-electron chi connectivity index (χ2n) is 4.59. The molecule has 0 atom stereocenters. The van der Waals surface area contributed by atoms with E-state index in [0.29, 0.717) is 11.8 Å². The van der Waals surface area contributed by atoms with Crippen molar-refractivity contribution < 1.29 is 4.74 Å². The molecule has 0 saturated heterocycles. The van der Waals surface area contributed by atoms with Gasteiger partial charge in [0.2, 0.25) is 11.8 Å². The minimum Gasteiger partial charge on any atom is -0.438 e. The van der Waals surface area contributed by atoms with Crippen LogP contribution in [0.1, 0.15) is 10.4 Å². The quantitative estimate of drug-likeness (QED) is 0.785. The van der Waals surface area contributed by atoms with Crippen molar-refractivity contribution in [3.8, 4) is 11.6 Å². The molecular weight excluding hydrogens is 270 g/mol. The van der Waals surface area contributed by atoms with Gasteiger partial charge in [0.1, 0.15) is 10.6 Å². The molecule has 0 amide bonds. The first-order chi connectivity index (χ1) is 9.65. The minimum atomic E-state index is 0.571. The Balaban J connectivity index is 2.06. The molecule has 2 aromatic heterocycles. The van der Waals surface area contributed by atoms with Gasteiger partial charge >= 0.3 is 0 Å². The minimum absolute atomic E-state index is 0.571. The molecule has 4 nitrogen and oxygen atoms in total. The lowest BCUT2D eigenvalue weighted by Crippen LogP contribution is -1.98. The largest absolute Gasteiger partial charge is 0.438 e. The van der Waals surface area contributed by atoms with Crippen LogP contribution in [0.4, 0.5) is 5.95 Å². The summed E-state index contributed by atoms with van der Waals surface area (Å²) < 4.78 is 5.92. The summed E-state index contributed by atoms with van der Waals surface area (Å²) in [5, 5.41) is 3.92. The van der Waals surface area contributed by atoms with Gasteiger partial charge in [-0.2, -0.15) is 4.98 Å². The van der Waals surface area contributed by atoms with Crippen LogP contribution in [0.15, 0.2) is 30.3 Å². The van der Waals surface area contributed by atoms with Crippen LogP contribution in [0.5, 0.6) is 11.6 Å². The van der Waals surface area contributed by atoms with Crippen molar-refractivity contribution in [3.05, 3.63) is 40.8 Å². The van der Waals surface area contributed by atoms with Gasteiger partial charge in [0.05, 0.1) is 5.39 Å². The van der Waals surface area contributed by atoms with Crippen LogP contribution in [-0.2, 0) is 0 Å². The highest BCUT2D eigenvalue weighted by atomic mass is 32.1. The molecular formula is C15H15N3OS. The van der Waals surface area contributed by atoms with Crippen LogP contribution in [0.25, 0.3) is 10.2 Å². The van der Waals surface area contributed by atoms with Gasteiger partial charge in [0, 0.05) is 11.9 Å². The van der Waals surface area contributed by atoms with Crippen LogP contribution in [0, 0.1) is 13.8 Å². The number of aryl methyl sites for hydroxylation is 2. The van der Waals surface area contributed by atoms with Gasteiger partial charge in [-0.05, 0) is 32.0 Å². The average Bonchev–Trinajstić information content (AvgIpc) is 2.81. The highest BCUT2D eigenvalue weighted by Crippen LogP contribution is 2.33. The van der Waals surface area contributed by atoms with E-state index in [1.807, 2.05) is 31.2 Å². The zero-order chi connectivity index (χ0) is 14.1. The third kappa shape index (κ3) is 2.44. The normalized spacial score (nSPS) is 10.8. The standard InChI is InChI=1S/C15H15N3OS/c1-9-4-6-11(7-5-9)19-13-12-8-10(2)20-14(12)18-15(16-3)17-13/h4-8H,1-3H3,(H,16,17,18). The van der Waals surface area contributed by atoms with Crippen molar-refractivity contribution in [2.24, 2.45) is 0 Å². The lowest BCUT2D eigenvalue weighted by molar-refractivity contribution is 0.469. The Bertz CT molecular complexity index is 750. The molecule has 0 bridgehead atoms. The molecule has 3 aromatic rings. The molecule has 102 valence electrons. The van der Waals surface area contributed by atoms with Gasteiger partial charge in [0.15, 0.2) is 0 Å². The lowest BCUT2D eigenvalue weighted by Gasteiger charge is -2.07. The fourth-order valence-electron chi connectivity index (χ4n) is 1.92. The highest BCUT2D eigenvalue weighted by molar-refractivity contribution is 7.18. The maximum atomic E-state index is 5.92. The summed E-state index contributed by atoms with van der Waals surface area (Å²) in [5.41, 5.74) is 1.20. The molecule has 3 rings (SSSR count). The van der Waals surface area contributed by atoms with Crippen molar-refractivity contribution in [2.45, 2.75) is 13.8 Å². The number of anilines is 1. The van der Waals surface area contributed by atoms with E-state index in [-0.39, 0.29) is 0 Å². The summed E-state index contributed by atoms with van der Waals surface area (Å²) in [6.07, 6.45) is 0. The molecule has 20 heavy (non-hydrogen) atoms. The third-order valence-corrected chi connectivity index (χ3v) is 3.88. The summed E-state index contributed by atoms with van der Waals surface area (Å²) in [6.45, 7) is 4.11. The Labute approximate surface area is 121 Å². The smallest absolute Gasteiger partial charge is 0.232 e. The molecule has 0 fully saturated rings. The van der Waals surface area contributed by atoms with Gasteiger partial charge < -0.3 is 10.1 Å². The summed E-state index contributed by atoms with van der Waals surface area (Å²) in [5.74, 6) is 1.94. The number of ether oxygens (including phenoxy) is 1. The summed E-state index contributed by atoms with van der Waals surface area (Å²) in [6, 6.07) is 9.99. The number of hydrogen-bond donors (Lipinski definition) is 1. The summed E-state index contributed by atoms with van der Waals surface area (Å²) >= 11 is 1.64. The first-order valence-corrected chi connectivity index (χ1v) is 7.18. The fraction of sp³-hybridized carbons (Fsp3) is 0.200. The van der Waals surface area contributed by atoms with Gasteiger partial charge in [-0.1, -0.05) is 17.7 Å². The number of nitrogens with one attached hydrogen (secondary N) is 1. The molecule has 0 aliphatic heterocycles. The van der Waals surface area contributed by atoms with Crippen molar-refractivity contribution in [1.29, 1.82) is 0 Å². The zero-order valence-corrected chi connectivity index (χ0v) is 12.4. The predicted octanol–water partition coefficient (Wildman–Crippen LogP) is 4.14. The molecule has 0 radical (unpaired) electrons. The van der Waals surface area contributed by atoms with E-state index in [1.54, 1.807) is 18.4 Å². The molecule has 0 saturated carbocycles. The van der Waals surface area contributed by atoms with Crippen LogP contribution < -0.4 is 10.1 Å². The van der Waals surface area contributed by atoms with E-state index in [1.165, 1.54) is 10.4 Å². The van der Waals surface area contributed by atoms with E-state index in [4.69, 9.17) is 4.74 Å². The van der Waals surface area contributed by atoms with Crippen LogP contribution in [-0.4, -0.2) is 17.0 Å². The average molecular weight is 285 g/mol. The van der Waals surface area contributed by atoms with E-state index < -0.39 is 0 Å². The van der Waals surface area contributed by atoms with Crippen LogP contribution >= 0.6 is 11.3 Å². The van der Waals surface area contributed by atoms with Crippen molar-refractivity contribution >= 4 is 27.5 Å².